The van der Waals surface area contributed by atoms with Gasteiger partial charge in [0.2, 0.25) is 11.8 Å². The predicted octanol–water partition coefficient (Wildman–Crippen LogP) is 1.49. The lowest BCUT2D eigenvalue weighted by Gasteiger charge is -2.24. The van der Waals surface area contributed by atoms with Gasteiger partial charge in [-0.3, -0.25) is 19.8 Å². The molecule has 35 heavy (non-hydrogen) atoms. The van der Waals surface area contributed by atoms with Crippen molar-refractivity contribution < 1.29 is 19.5 Å². The van der Waals surface area contributed by atoms with Gasteiger partial charge in [-0.2, -0.15) is 0 Å². The number of carbonyl (C=O) groups excluding carboxylic acids is 3. The van der Waals surface area contributed by atoms with Crippen LogP contribution in [-0.4, -0.2) is 65.2 Å². The molecule has 0 radical (unpaired) electrons. The Bertz CT molecular complexity index is 1160. The maximum Gasteiger partial charge on any atom is 0.267 e. The van der Waals surface area contributed by atoms with Gasteiger partial charge in [0.05, 0.1) is 6.54 Å². The van der Waals surface area contributed by atoms with Crippen LogP contribution in [0, 0.1) is 11.3 Å². The molecule has 2 aromatic rings. The highest BCUT2D eigenvalue weighted by molar-refractivity contribution is 6.44. The number of aliphatic hydroxyl groups excluding tert-OH is 1. The van der Waals surface area contributed by atoms with Crippen LogP contribution in [0.2, 0.25) is 5.02 Å². The van der Waals surface area contributed by atoms with Crippen LogP contribution in [0.3, 0.4) is 0 Å². The number of primary amides is 1. The summed E-state index contributed by atoms with van der Waals surface area (Å²) in [6.45, 7) is 0.00833. The minimum Gasteiger partial charge on any atom is -0.396 e. The summed E-state index contributed by atoms with van der Waals surface area (Å²) >= 11 is 6.28. The third kappa shape index (κ3) is 5.47. The van der Waals surface area contributed by atoms with E-state index in [1.54, 1.807) is 24.3 Å². The second-order valence-corrected chi connectivity index (χ2v) is 9.37. The SMILES string of the molecule is N=C(C(N)=O)c1ccccc1NCC(=O)N1C[C@@H](CO)C[C@H]1C(=O)NC1C[C@H]1c1ccccc1Cl. The summed E-state index contributed by atoms with van der Waals surface area (Å²) in [5, 5.41) is 24.2. The zero-order valence-electron chi connectivity index (χ0n) is 19.0. The van der Waals surface area contributed by atoms with Gasteiger partial charge in [-0.15, -0.1) is 0 Å². The summed E-state index contributed by atoms with van der Waals surface area (Å²) in [4.78, 5) is 39.1. The monoisotopic (exact) mass is 497 g/mol. The topological polar surface area (TPSA) is 149 Å². The number of aliphatic hydroxyl groups is 1. The lowest BCUT2D eigenvalue weighted by atomic mass is 10.1. The fourth-order valence-electron chi connectivity index (χ4n) is 4.59. The lowest BCUT2D eigenvalue weighted by Crippen LogP contribution is -2.48. The first kappa shape index (κ1) is 24.7. The molecule has 1 aliphatic heterocycles. The average Bonchev–Trinajstić information content (AvgIpc) is 3.46. The largest absolute Gasteiger partial charge is 0.396 e. The molecule has 0 spiro atoms. The van der Waals surface area contributed by atoms with Gasteiger partial charge in [0.25, 0.3) is 5.91 Å². The van der Waals surface area contributed by atoms with Crippen LogP contribution in [0.5, 0.6) is 0 Å². The second-order valence-electron chi connectivity index (χ2n) is 8.96. The molecule has 10 heteroatoms. The van der Waals surface area contributed by atoms with E-state index in [9.17, 15) is 19.5 Å². The molecule has 1 saturated heterocycles. The number of hydrogen-bond donors (Lipinski definition) is 5. The third-order valence-corrected chi connectivity index (χ3v) is 6.91. The van der Waals surface area contributed by atoms with Gasteiger partial charge in [0.1, 0.15) is 11.8 Å². The highest BCUT2D eigenvalue weighted by atomic mass is 35.5. The summed E-state index contributed by atoms with van der Waals surface area (Å²) in [7, 11) is 0. The normalized spacial score (nSPS) is 23.0. The van der Waals surface area contributed by atoms with Crippen molar-refractivity contribution in [2.24, 2.45) is 11.7 Å². The standard InChI is InChI=1S/C25H28ClN5O4/c26-18-7-3-1-5-15(18)17-10-20(17)30-25(35)21-9-14(13-32)12-31(21)22(33)11-29-19-8-4-2-6-16(19)23(27)24(28)34/h1-8,14,17,20-21,27,29,32H,9-13H2,(H2,28,34)(H,30,35)/t14-,17-,20?,21-/m0/s1. The van der Waals surface area contributed by atoms with Crippen molar-refractivity contribution in [2.45, 2.75) is 30.8 Å². The van der Waals surface area contributed by atoms with E-state index in [-0.39, 0.29) is 60.7 Å². The van der Waals surface area contributed by atoms with Crippen LogP contribution < -0.4 is 16.4 Å². The predicted molar refractivity (Wildman–Crippen MR) is 132 cm³/mol. The number of nitrogens with two attached hydrogens (primary N) is 1. The Balaban J connectivity index is 1.40. The molecule has 4 atom stereocenters. The Morgan fingerprint density at radius 1 is 1.11 bits per heavy atom. The molecule has 1 saturated carbocycles. The number of amides is 3. The number of carbonyl (C=O) groups is 3. The number of anilines is 1. The molecule has 2 fully saturated rings. The molecule has 184 valence electrons. The van der Waals surface area contributed by atoms with Crippen molar-refractivity contribution in [3.05, 3.63) is 64.7 Å². The van der Waals surface area contributed by atoms with Crippen molar-refractivity contribution >= 4 is 40.7 Å². The van der Waals surface area contributed by atoms with E-state index in [1.807, 2.05) is 24.3 Å². The fourth-order valence-corrected chi connectivity index (χ4v) is 4.87. The first-order chi connectivity index (χ1) is 16.8. The molecule has 0 aromatic heterocycles. The maximum atomic E-state index is 13.1. The summed E-state index contributed by atoms with van der Waals surface area (Å²) in [6, 6.07) is 13.4. The van der Waals surface area contributed by atoms with Crippen molar-refractivity contribution in [3.63, 3.8) is 0 Å². The Morgan fingerprint density at radius 3 is 2.54 bits per heavy atom. The highest BCUT2D eigenvalue weighted by Crippen LogP contribution is 2.43. The number of halogens is 1. The quantitative estimate of drug-likeness (QED) is 0.333. The van der Waals surface area contributed by atoms with Gasteiger partial charge in [-0.25, -0.2) is 0 Å². The van der Waals surface area contributed by atoms with Crippen LogP contribution in [-0.2, 0) is 14.4 Å². The minimum absolute atomic E-state index is 0.0441. The molecule has 2 aromatic carbocycles. The van der Waals surface area contributed by atoms with E-state index in [1.165, 1.54) is 4.90 Å². The van der Waals surface area contributed by atoms with Gasteiger partial charge in [-0.1, -0.05) is 48.0 Å². The van der Waals surface area contributed by atoms with Crippen LogP contribution in [0.4, 0.5) is 5.69 Å². The number of nitrogens with one attached hydrogen (secondary N) is 3. The zero-order valence-corrected chi connectivity index (χ0v) is 19.8. The number of rotatable bonds is 9. The lowest BCUT2D eigenvalue weighted by molar-refractivity contribution is -0.137. The van der Waals surface area contributed by atoms with Crippen LogP contribution in [0.1, 0.15) is 29.9 Å². The van der Waals surface area contributed by atoms with Crippen molar-refractivity contribution in [1.29, 1.82) is 5.41 Å². The number of nitrogens with zero attached hydrogens (tertiary/aromatic N) is 1. The molecule has 1 heterocycles. The molecule has 9 nitrogen and oxygen atoms in total. The van der Waals surface area contributed by atoms with E-state index >= 15 is 0 Å². The number of para-hydroxylation sites is 1. The summed E-state index contributed by atoms with van der Waals surface area (Å²) in [5.41, 5.74) is 6.57. The molecular formula is C25H28ClN5O4. The van der Waals surface area contributed by atoms with Crippen molar-refractivity contribution in [3.8, 4) is 0 Å². The Labute approximate surface area is 208 Å². The Morgan fingerprint density at radius 2 is 1.83 bits per heavy atom. The smallest absolute Gasteiger partial charge is 0.267 e. The molecule has 0 bridgehead atoms. The van der Waals surface area contributed by atoms with Gasteiger partial charge in [0, 0.05) is 47.3 Å². The van der Waals surface area contributed by atoms with Gasteiger partial charge in [-0.05, 0) is 30.5 Å². The van der Waals surface area contributed by atoms with E-state index in [0.717, 1.165) is 12.0 Å². The second kappa shape index (κ2) is 10.5. The summed E-state index contributed by atoms with van der Waals surface area (Å²) in [6.07, 6.45) is 1.16. The molecule has 1 aliphatic carbocycles. The van der Waals surface area contributed by atoms with E-state index in [4.69, 9.17) is 22.7 Å². The van der Waals surface area contributed by atoms with E-state index in [2.05, 4.69) is 10.6 Å². The summed E-state index contributed by atoms with van der Waals surface area (Å²) < 4.78 is 0. The minimum atomic E-state index is -0.872. The van der Waals surface area contributed by atoms with E-state index < -0.39 is 11.9 Å². The maximum absolute atomic E-state index is 13.1. The van der Waals surface area contributed by atoms with Gasteiger partial charge in [0.15, 0.2) is 0 Å². The molecule has 4 rings (SSSR count). The molecule has 3 amide bonds. The number of hydrogen-bond acceptors (Lipinski definition) is 6. The number of likely N-dealkylation sites (tertiary alicyclic amines) is 1. The zero-order chi connectivity index (χ0) is 25.1. The van der Waals surface area contributed by atoms with Crippen molar-refractivity contribution in [1.82, 2.24) is 10.2 Å². The Hall–Kier alpha value is -3.43. The Kier molecular flexibility index (Phi) is 7.37. The molecule has 2 aliphatic rings. The average molecular weight is 498 g/mol. The number of benzene rings is 2. The molecule has 6 N–H and O–H groups in total. The first-order valence-electron chi connectivity index (χ1n) is 11.5. The van der Waals surface area contributed by atoms with Crippen LogP contribution in [0.15, 0.2) is 48.5 Å². The fraction of sp³-hybridized carbons (Fsp3) is 0.360. The van der Waals surface area contributed by atoms with Crippen LogP contribution in [0.25, 0.3) is 0 Å². The van der Waals surface area contributed by atoms with Crippen molar-refractivity contribution in [2.75, 3.05) is 25.0 Å². The highest BCUT2D eigenvalue weighted by Gasteiger charge is 2.44. The first-order valence-corrected chi connectivity index (χ1v) is 11.8. The summed E-state index contributed by atoms with van der Waals surface area (Å²) in [5.74, 6) is -1.48. The van der Waals surface area contributed by atoms with E-state index in [0.29, 0.717) is 17.1 Å². The van der Waals surface area contributed by atoms with Gasteiger partial charge < -0.3 is 26.4 Å². The molecule has 1 unspecified atom stereocenters. The van der Waals surface area contributed by atoms with Crippen LogP contribution >= 0.6 is 11.6 Å². The van der Waals surface area contributed by atoms with Gasteiger partial charge >= 0.3 is 0 Å². The third-order valence-electron chi connectivity index (χ3n) is 6.56. The molecular weight excluding hydrogens is 470 g/mol.